The molecule has 7 heteroatoms. The van der Waals surface area contributed by atoms with Gasteiger partial charge in [0.15, 0.2) is 0 Å². The highest BCUT2D eigenvalue weighted by atomic mass is 32.2. The highest BCUT2D eigenvalue weighted by Gasteiger charge is 2.17. The standard InChI is InChI=1S/C11H17N3O2S2/c1-3-10-8-17-11(13-10)9(2)14-18(15,16)7-5-4-6-12/h8-9,14H,3-5,7H2,1-2H3. The summed E-state index contributed by atoms with van der Waals surface area (Å²) in [5, 5.41) is 11.1. The zero-order valence-corrected chi connectivity index (χ0v) is 12.1. The van der Waals surface area contributed by atoms with Gasteiger partial charge in [-0.25, -0.2) is 18.1 Å². The molecular weight excluding hydrogens is 270 g/mol. The molecule has 18 heavy (non-hydrogen) atoms. The Kier molecular flexibility index (Phi) is 5.72. The van der Waals surface area contributed by atoms with Gasteiger partial charge in [-0.05, 0) is 19.8 Å². The molecule has 1 heterocycles. The minimum absolute atomic E-state index is 0.0170. The van der Waals surface area contributed by atoms with Gasteiger partial charge in [-0.3, -0.25) is 0 Å². The number of aryl methyl sites for hydroxylation is 1. The van der Waals surface area contributed by atoms with Crippen molar-refractivity contribution in [3.8, 4) is 6.07 Å². The minimum atomic E-state index is -3.33. The van der Waals surface area contributed by atoms with E-state index in [0.717, 1.165) is 17.1 Å². The first-order valence-electron chi connectivity index (χ1n) is 5.79. The lowest BCUT2D eigenvalue weighted by atomic mass is 10.3. The van der Waals surface area contributed by atoms with E-state index in [4.69, 9.17) is 5.26 Å². The average Bonchev–Trinajstić information content (AvgIpc) is 2.77. The van der Waals surface area contributed by atoms with Crippen LogP contribution in [0.4, 0.5) is 0 Å². The molecule has 0 spiro atoms. The van der Waals surface area contributed by atoms with E-state index in [1.807, 2.05) is 18.4 Å². The van der Waals surface area contributed by atoms with Crippen molar-refractivity contribution >= 4 is 21.4 Å². The van der Waals surface area contributed by atoms with E-state index < -0.39 is 10.0 Å². The summed E-state index contributed by atoms with van der Waals surface area (Å²) in [7, 11) is -3.33. The van der Waals surface area contributed by atoms with Crippen molar-refractivity contribution in [1.82, 2.24) is 9.71 Å². The molecule has 1 N–H and O–H groups in total. The zero-order chi connectivity index (χ0) is 13.6. The van der Waals surface area contributed by atoms with Gasteiger partial charge in [0.2, 0.25) is 10.0 Å². The molecule has 0 fully saturated rings. The Morgan fingerprint density at radius 3 is 2.89 bits per heavy atom. The molecule has 100 valence electrons. The number of nitrogens with zero attached hydrogens (tertiary/aromatic N) is 2. The third-order valence-corrected chi connectivity index (χ3v) is 4.98. The predicted molar refractivity (Wildman–Crippen MR) is 71.7 cm³/mol. The second kappa shape index (κ2) is 6.83. The quantitative estimate of drug-likeness (QED) is 0.777. The Labute approximate surface area is 112 Å². The first kappa shape index (κ1) is 15.1. The molecule has 1 rings (SSSR count). The first-order chi connectivity index (χ1) is 8.48. The Morgan fingerprint density at radius 1 is 1.61 bits per heavy atom. The van der Waals surface area contributed by atoms with E-state index in [1.165, 1.54) is 11.3 Å². The molecule has 1 aromatic heterocycles. The van der Waals surface area contributed by atoms with Crippen LogP contribution in [0.5, 0.6) is 0 Å². The summed E-state index contributed by atoms with van der Waals surface area (Å²) in [6, 6.07) is 1.62. The van der Waals surface area contributed by atoms with Gasteiger partial charge in [0, 0.05) is 11.8 Å². The van der Waals surface area contributed by atoms with Crippen molar-refractivity contribution in [3.63, 3.8) is 0 Å². The van der Waals surface area contributed by atoms with Crippen LogP contribution in [0.1, 0.15) is 43.4 Å². The van der Waals surface area contributed by atoms with Gasteiger partial charge in [-0.1, -0.05) is 6.92 Å². The highest BCUT2D eigenvalue weighted by molar-refractivity contribution is 7.89. The van der Waals surface area contributed by atoms with Crippen molar-refractivity contribution in [2.24, 2.45) is 0 Å². The number of thiazole rings is 1. The van der Waals surface area contributed by atoms with Crippen LogP contribution in [-0.2, 0) is 16.4 Å². The lowest BCUT2D eigenvalue weighted by molar-refractivity contribution is 0.564. The van der Waals surface area contributed by atoms with Gasteiger partial charge < -0.3 is 0 Å². The summed E-state index contributed by atoms with van der Waals surface area (Å²) in [6.07, 6.45) is 1.46. The van der Waals surface area contributed by atoms with Crippen molar-refractivity contribution < 1.29 is 8.42 Å². The molecule has 1 unspecified atom stereocenters. The molecule has 0 aliphatic heterocycles. The summed E-state index contributed by atoms with van der Waals surface area (Å²) in [5.74, 6) is -0.0170. The normalized spacial score (nSPS) is 13.2. The van der Waals surface area contributed by atoms with Crippen LogP contribution >= 0.6 is 11.3 Å². The van der Waals surface area contributed by atoms with Gasteiger partial charge in [0.1, 0.15) is 5.01 Å². The van der Waals surface area contributed by atoms with Crippen LogP contribution in [0.25, 0.3) is 0 Å². The highest BCUT2D eigenvalue weighted by Crippen LogP contribution is 2.19. The smallest absolute Gasteiger partial charge is 0.212 e. The van der Waals surface area contributed by atoms with Gasteiger partial charge >= 0.3 is 0 Å². The number of hydrogen-bond donors (Lipinski definition) is 1. The van der Waals surface area contributed by atoms with Crippen molar-refractivity contribution in [3.05, 3.63) is 16.1 Å². The molecule has 1 atom stereocenters. The SMILES string of the molecule is CCc1csc(C(C)NS(=O)(=O)CCCC#N)n1. The Balaban J connectivity index is 2.58. The second-order valence-corrected chi connectivity index (χ2v) is 6.71. The third-order valence-electron chi connectivity index (χ3n) is 2.36. The summed E-state index contributed by atoms with van der Waals surface area (Å²) < 4.78 is 26.0. The van der Waals surface area contributed by atoms with E-state index in [2.05, 4.69) is 9.71 Å². The van der Waals surface area contributed by atoms with E-state index in [9.17, 15) is 8.42 Å². The Hall–Kier alpha value is -0.970. The maximum absolute atomic E-state index is 11.7. The van der Waals surface area contributed by atoms with Crippen LogP contribution in [0, 0.1) is 11.3 Å². The maximum atomic E-state index is 11.7. The molecule has 0 aliphatic carbocycles. The molecule has 0 amide bonds. The van der Waals surface area contributed by atoms with Crippen LogP contribution in [0.3, 0.4) is 0 Å². The fourth-order valence-electron chi connectivity index (χ4n) is 1.40. The molecule has 0 aliphatic rings. The topological polar surface area (TPSA) is 82.9 Å². The number of aromatic nitrogens is 1. The van der Waals surface area contributed by atoms with Crippen LogP contribution in [-0.4, -0.2) is 19.2 Å². The van der Waals surface area contributed by atoms with Crippen molar-refractivity contribution in [2.75, 3.05) is 5.75 Å². The van der Waals surface area contributed by atoms with Gasteiger partial charge in [0.05, 0.1) is 23.6 Å². The van der Waals surface area contributed by atoms with Gasteiger partial charge in [-0.2, -0.15) is 5.26 Å². The van der Waals surface area contributed by atoms with Gasteiger partial charge in [0.25, 0.3) is 0 Å². The summed E-state index contributed by atoms with van der Waals surface area (Å²) in [4.78, 5) is 4.35. The summed E-state index contributed by atoms with van der Waals surface area (Å²) >= 11 is 1.46. The third kappa shape index (κ3) is 4.72. The van der Waals surface area contributed by atoms with Crippen molar-refractivity contribution in [1.29, 1.82) is 5.26 Å². The molecule has 0 aromatic carbocycles. The Morgan fingerprint density at radius 2 is 2.33 bits per heavy atom. The second-order valence-electron chi connectivity index (χ2n) is 3.95. The molecule has 0 bridgehead atoms. The number of nitriles is 1. The molecule has 1 aromatic rings. The van der Waals surface area contributed by atoms with Crippen molar-refractivity contribution in [2.45, 2.75) is 39.2 Å². The molecule has 5 nitrogen and oxygen atoms in total. The van der Waals surface area contributed by atoms with Crippen LogP contribution < -0.4 is 4.72 Å². The monoisotopic (exact) mass is 287 g/mol. The fraction of sp³-hybridized carbons (Fsp3) is 0.636. The molecule has 0 radical (unpaired) electrons. The maximum Gasteiger partial charge on any atom is 0.212 e. The fourth-order valence-corrected chi connectivity index (χ4v) is 3.68. The molecule has 0 saturated heterocycles. The lowest BCUT2D eigenvalue weighted by Crippen LogP contribution is -2.29. The largest absolute Gasteiger partial charge is 0.245 e. The van der Waals surface area contributed by atoms with E-state index >= 15 is 0 Å². The summed E-state index contributed by atoms with van der Waals surface area (Å²) in [5.41, 5.74) is 0.977. The predicted octanol–water partition coefficient (Wildman–Crippen LogP) is 1.99. The van der Waals surface area contributed by atoms with E-state index in [0.29, 0.717) is 6.42 Å². The first-order valence-corrected chi connectivity index (χ1v) is 8.33. The zero-order valence-electron chi connectivity index (χ0n) is 10.5. The van der Waals surface area contributed by atoms with E-state index in [-0.39, 0.29) is 18.2 Å². The molecular formula is C11H17N3O2S2. The number of hydrogen-bond acceptors (Lipinski definition) is 5. The minimum Gasteiger partial charge on any atom is -0.245 e. The summed E-state index contributed by atoms with van der Waals surface area (Å²) in [6.45, 7) is 3.79. The van der Waals surface area contributed by atoms with Crippen LogP contribution in [0.15, 0.2) is 5.38 Å². The lowest BCUT2D eigenvalue weighted by Gasteiger charge is -2.11. The average molecular weight is 287 g/mol. The number of rotatable bonds is 7. The number of unbranched alkanes of at least 4 members (excludes halogenated alkanes) is 1. The molecule has 0 saturated carbocycles. The van der Waals surface area contributed by atoms with Crippen LogP contribution in [0.2, 0.25) is 0 Å². The Bertz CT molecular complexity index is 517. The number of sulfonamides is 1. The van der Waals surface area contributed by atoms with E-state index in [1.54, 1.807) is 6.92 Å². The number of nitrogens with one attached hydrogen (secondary N) is 1. The van der Waals surface area contributed by atoms with Gasteiger partial charge in [-0.15, -0.1) is 11.3 Å².